The van der Waals surface area contributed by atoms with Crippen molar-refractivity contribution in [2.75, 3.05) is 7.11 Å². The third kappa shape index (κ3) is 4.76. The van der Waals surface area contributed by atoms with Gasteiger partial charge in [0, 0.05) is 15.9 Å². The minimum atomic E-state index is -1.28. The predicted octanol–water partition coefficient (Wildman–Crippen LogP) is 3.89. The van der Waals surface area contributed by atoms with Crippen molar-refractivity contribution in [1.29, 1.82) is 0 Å². The fourth-order valence-corrected chi connectivity index (χ4v) is 2.77. The zero-order chi connectivity index (χ0) is 18.6. The van der Waals surface area contributed by atoms with Gasteiger partial charge in [-0.25, -0.2) is 13.6 Å². The minimum absolute atomic E-state index is 0.0521. The van der Waals surface area contributed by atoms with Gasteiger partial charge in [0.1, 0.15) is 6.04 Å². The lowest BCUT2D eigenvalue weighted by atomic mass is 10.1. The summed E-state index contributed by atoms with van der Waals surface area (Å²) in [5, 5.41) is 2.81. The van der Waals surface area contributed by atoms with Crippen molar-refractivity contribution in [3.05, 3.63) is 68.7 Å². The van der Waals surface area contributed by atoms with Crippen LogP contribution in [0.2, 0.25) is 5.02 Å². The predicted molar refractivity (Wildman–Crippen MR) is 92.5 cm³/mol. The molecule has 1 atom stereocenters. The van der Waals surface area contributed by atoms with Gasteiger partial charge in [-0.15, -0.1) is 0 Å². The van der Waals surface area contributed by atoms with Crippen molar-refractivity contribution < 1.29 is 23.1 Å². The second-order valence-corrected chi connectivity index (χ2v) is 6.38. The van der Waals surface area contributed by atoms with E-state index in [1.165, 1.54) is 6.07 Å². The van der Waals surface area contributed by atoms with Crippen LogP contribution in [0.1, 0.15) is 15.9 Å². The van der Waals surface area contributed by atoms with E-state index in [4.69, 9.17) is 11.6 Å². The summed E-state index contributed by atoms with van der Waals surface area (Å²) in [4.78, 5) is 24.2. The maximum absolute atomic E-state index is 13.8. The van der Waals surface area contributed by atoms with Gasteiger partial charge < -0.3 is 10.1 Å². The van der Waals surface area contributed by atoms with Crippen LogP contribution in [0.25, 0.3) is 0 Å². The molecular weight excluding hydrogens is 420 g/mol. The molecule has 1 N–H and O–H groups in total. The molecular formula is C17H13BrClF2NO3. The Morgan fingerprint density at radius 2 is 2.00 bits per heavy atom. The van der Waals surface area contributed by atoms with Gasteiger partial charge >= 0.3 is 5.97 Å². The molecule has 0 aliphatic heterocycles. The lowest BCUT2D eigenvalue weighted by Crippen LogP contribution is -2.43. The van der Waals surface area contributed by atoms with Crippen molar-refractivity contribution in [2.24, 2.45) is 0 Å². The first kappa shape index (κ1) is 19.3. The summed E-state index contributed by atoms with van der Waals surface area (Å²) in [5.74, 6) is -4.09. The maximum atomic E-state index is 13.8. The molecule has 0 fully saturated rings. The molecule has 0 spiro atoms. The minimum Gasteiger partial charge on any atom is -0.467 e. The highest BCUT2D eigenvalue weighted by Gasteiger charge is 2.25. The van der Waals surface area contributed by atoms with E-state index in [2.05, 4.69) is 26.0 Å². The number of hydrogen-bond donors (Lipinski definition) is 1. The van der Waals surface area contributed by atoms with Crippen molar-refractivity contribution >= 4 is 39.4 Å². The number of rotatable bonds is 5. The number of benzene rings is 2. The highest BCUT2D eigenvalue weighted by molar-refractivity contribution is 9.10. The van der Waals surface area contributed by atoms with Crippen LogP contribution in [-0.2, 0) is 16.0 Å². The van der Waals surface area contributed by atoms with E-state index in [1.807, 2.05) is 0 Å². The Morgan fingerprint density at radius 3 is 2.68 bits per heavy atom. The Labute approximate surface area is 156 Å². The number of methoxy groups -OCH3 is 1. The summed E-state index contributed by atoms with van der Waals surface area (Å²) in [6.07, 6.45) is 0.0521. The van der Waals surface area contributed by atoms with Crippen LogP contribution in [0.5, 0.6) is 0 Å². The monoisotopic (exact) mass is 431 g/mol. The summed E-state index contributed by atoms with van der Waals surface area (Å²) >= 11 is 9.27. The van der Waals surface area contributed by atoms with Crippen molar-refractivity contribution in [3.8, 4) is 0 Å². The summed E-state index contributed by atoms with van der Waals surface area (Å²) in [6, 6.07) is 7.09. The third-order valence-electron chi connectivity index (χ3n) is 3.42. The normalized spacial score (nSPS) is 11.7. The Morgan fingerprint density at radius 1 is 1.28 bits per heavy atom. The van der Waals surface area contributed by atoms with Crippen LogP contribution in [0.3, 0.4) is 0 Å². The molecule has 0 bridgehead atoms. The smallest absolute Gasteiger partial charge is 0.328 e. The number of carbonyl (C=O) groups is 2. The Kier molecular flexibility index (Phi) is 6.50. The van der Waals surface area contributed by atoms with Gasteiger partial charge in [-0.1, -0.05) is 33.6 Å². The number of amides is 1. The molecule has 0 aliphatic rings. The second kappa shape index (κ2) is 8.40. The maximum Gasteiger partial charge on any atom is 0.328 e. The average molecular weight is 433 g/mol. The van der Waals surface area contributed by atoms with Gasteiger partial charge in [-0.3, -0.25) is 4.79 Å². The van der Waals surface area contributed by atoms with E-state index in [1.54, 1.807) is 18.2 Å². The number of esters is 1. The number of halogens is 4. The SMILES string of the molecule is COC(=O)[C@H](Cc1cc(Cl)ccc1Br)NC(=O)c1cccc(F)c1F. The number of carbonyl (C=O) groups excluding carboxylic acids is 2. The first-order chi connectivity index (χ1) is 11.8. The quantitative estimate of drug-likeness (QED) is 0.729. The zero-order valence-electron chi connectivity index (χ0n) is 13.0. The molecule has 1 amide bonds. The van der Waals surface area contributed by atoms with Crippen LogP contribution in [0.15, 0.2) is 40.9 Å². The molecule has 0 aromatic heterocycles. The highest BCUT2D eigenvalue weighted by atomic mass is 79.9. The highest BCUT2D eigenvalue weighted by Crippen LogP contribution is 2.23. The van der Waals surface area contributed by atoms with Gasteiger partial charge in [-0.05, 0) is 35.9 Å². The first-order valence-corrected chi connectivity index (χ1v) is 8.27. The van der Waals surface area contributed by atoms with Gasteiger partial charge in [-0.2, -0.15) is 0 Å². The number of hydrogen-bond acceptors (Lipinski definition) is 3. The molecule has 4 nitrogen and oxygen atoms in total. The second-order valence-electron chi connectivity index (χ2n) is 5.09. The lowest BCUT2D eigenvalue weighted by molar-refractivity contribution is -0.142. The fraction of sp³-hybridized carbons (Fsp3) is 0.176. The van der Waals surface area contributed by atoms with E-state index in [0.717, 1.165) is 19.2 Å². The van der Waals surface area contributed by atoms with Gasteiger partial charge in [0.05, 0.1) is 12.7 Å². The molecule has 0 unspecified atom stereocenters. The number of nitrogens with one attached hydrogen (secondary N) is 1. The molecule has 0 saturated carbocycles. The van der Waals surface area contributed by atoms with Crippen molar-refractivity contribution in [3.63, 3.8) is 0 Å². The lowest BCUT2D eigenvalue weighted by Gasteiger charge is -2.18. The first-order valence-electron chi connectivity index (χ1n) is 7.10. The fourth-order valence-electron chi connectivity index (χ4n) is 2.17. The topological polar surface area (TPSA) is 55.4 Å². The molecule has 2 aromatic carbocycles. The van der Waals surface area contributed by atoms with Crippen LogP contribution in [0.4, 0.5) is 8.78 Å². The Balaban J connectivity index is 2.26. The molecule has 25 heavy (non-hydrogen) atoms. The van der Waals surface area contributed by atoms with E-state index >= 15 is 0 Å². The molecule has 0 saturated heterocycles. The molecule has 8 heteroatoms. The molecule has 2 aromatic rings. The Hall–Kier alpha value is -1.99. The van der Waals surface area contributed by atoms with E-state index in [9.17, 15) is 18.4 Å². The van der Waals surface area contributed by atoms with Crippen LogP contribution in [0, 0.1) is 11.6 Å². The van der Waals surface area contributed by atoms with Gasteiger partial charge in [0.25, 0.3) is 5.91 Å². The number of ether oxygens (including phenoxy) is 1. The summed E-state index contributed by atoms with van der Waals surface area (Å²) < 4.78 is 32.4. The molecule has 0 aliphatic carbocycles. The molecule has 132 valence electrons. The van der Waals surface area contributed by atoms with Crippen LogP contribution >= 0.6 is 27.5 Å². The summed E-state index contributed by atoms with van der Waals surface area (Å²) in [6.45, 7) is 0. The summed E-state index contributed by atoms with van der Waals surface area (Å²) in [5.41, 5.74) is 0.141. The van der Waals surface area contributed by atoms with Crippen molar-refractivity contribution in [2.45, 2.75) is 12.5 Å². The van der Waals surface area contributed by atoms with Crippen LogP contribution in [-0.4, -0.2) is 25.0 Å². The standard InChI is InChI=1S/C17H13BrClF2NO3/c1-25-17(24)14(8-9-7-10(19)5-6-12(9)18)22-16(23)11-3-2-4-13(20)15(11)21/h2-7,14H,8H2,1H3,(H,22,23)/t14-/m0/s1. The van der Waals surface area contributed by atoms with Gasteiger partial charge in [0.2, 0.25) is 0 Å². The Bertz CT molecular complexity index is 816. The zero-order valence-corrected chi connectivity index (χ0v) is 15.3. The summed E-state index contributed by atoms with van der Waals surface area (Å²) in [7, 11) is 1.16. The van der Waals surface area contributed by atoms with E-state index in [0.29, 0.717) is 15.1 Å². The third-order valence-corrected chi connectivity index (χ3v) is 4.43. The molecule has 0 heterocycles. The van der Waals surface area contributed by atoms with Gasteiger partial charge in [0.15, 0.2) is 11.6 Å². The van der Waals surface area contributed by atoms with E-state index < -0.39 is 35.1 Å². The average Bonchev–Trinajstić information content (AvgIpc) is 2.59. The molecule has 0 radical (unpaired) electrons. The van der Waals surface area contributed by atoms with E-state index in [-0.39, 0.29) is 6.42 Å². The molecule has 2 rings (SSSR count). The van der Waals surface area contributed by atoms with Crippen molar-refractivity contribution in [1.82, 2.24) is 5.32 Å². The van der Waals surface area contributed by atoms with Crippen LogP contribution < -0.4 is 5.32 Å². The largest absolute Gasteiger partial charge is 0.467 e.